The van der Waals surface area contributed by atoms with E-state index in [4.69, 9.17) is 9.84 Å². The van der Waals surface area contributed by atoms with Crippen LogP contribution in [0.15, 0.2) is 0 Å². The van der Waals surface area contributed by atoms with Crippen molar-refractivity contribution < 1.29 is 19.4 Å². The van der Waals surface area contributed by atoms with Crippen LogP contribution in [-0.2, 0) is 14.3 Å². The molecule has 0 radical (unpaired) electrons. The standard InChI is InChI=1S/C12H21NO4/c1-8(2)17-7-6-11(14)13-10-5-3-4-9(10)12(15)16/h8-10H,3-7H2,1-2H3,(H,13,14)(H,15,16)/t9-,10+/m0/s1. The van der Waals surface area contributed by atoms with Crippen molar-refractivity contribution in [1.29, 1.82) is 0 Å². The van der Waals surface area contributed by atoms with E-state index in [0.717, 1.165) is 12.8 Å². The Morgan fingerprint density at radius 2 is 2.12 bits per heavy atom. The Bertz CT molecular complexity index is 278. The SMILES string of the molecule is CC(C)OCCC(=O)N[C@@H]1CCC[C@@H]1C(=O)O. The van der Waals surface area contributed by atoms with E-state index in [1.807, 2.05) is 13.8 Å². The molecule has 1 aliphatic rings. The van der Waals surface area contributed by atoms with Crippen LogP contribution in [0.3, 0.4) is 0 Å². The van der Waals surface area contributed by atoms with Gasteiger partial charge in [0.15, 0.2) is 0 Å². The number of amides is 1. The Kier molecular flexibility index (Phi) is 5.41. The summed E-state index contributed by atoms with van der Waals surface area (Å²) in [6.07, 6.45) is 2.68. The number of nitrogens with one attached hydrogen (secondary N) is 1. The van der Waals surface area contributed by atoms with Gasteiger partial charge in [-0.2, -0.15) is 0 Å². The average molecular weight is 243 g/mol. The van der Waals surface area contributed by atoms with Crippen molar-refractivity contribution in [2.75, 3.05) is 6.61 Å². The Morgan fingerprint density at radius 1 is 1.41 bits per heavy atom. The first kappa shape index (κ1) is 14.0. The molecule has 1 aliphatic carbocycles. The van der Waals surface area contributed by atoms with Crippen LogP contribution >= 0.6 is 0 Å². The van der Waals surface area contributed by atoms with E-state index >= 15 is 0 Å². The van der Waals surface area contributed by atoms with Gasteiger partial charge in [0, 0.05) is 12.5 Å². The minimum Gasteiger partial charge on any atom is -0.481 e. The second kappa shape index (κ2) is 6.59. The van der Waals surface area contributed by atoms with Gasteiger partial charge in [0.2, 0.25) is 5.91 Å². The van der Waals surface area contributed by atoms with Crippen LogP contribution in [0.1, 0.15) is 39.5 Å². The molecular weight excluding hydrogens is 222 g/mol. The van der Waals surface area contributed by atoms with Crippen molar-refractivity contribution >= 4 is 11.9 Å². The van der Waals surface area contributed by atoms with E-state index in [0.29, 0.717) is 19.4 Å². The molecule has 0 bridgehead atoms. The third-order valence-electron chi connectivity index (χ3n) is 2.96. The van der Waals surface area contributed by atoms with Crippen molar-refractivity contribution in [3.63, 3.8) is 0 Å². The highest BCUT2D eigenvalue weighted by Gasteiger charge is 2.33. The third kappa shape index (κ3) is 4.73. The van der Waals surface area contributed by atoms with Gasteiger partial charge in [-0.25, -0.2) is 0 Å². The molecule has 1 fully saturated rings. The summed E-state index contributed by atoms with van der Waals surface area (Å²) >= 11 is 0. The zero-order valence-electron chi connectivity index (χ0n) is 10.4. The lowest BCUT2D eigenvalue weighted by atomic mass is 10.0. The fourth-order valence-electron chi connectivity index (χ4n) is 2.09. The van der Waals surface area contributed by atoms with Gasteiger partial charge >= 0.3 is 5.97 Å². The smallest absolute Gasteiger partial charge is 0.308 e. The Hall–Kier alpha value is -1.10. The van der Waals surface area contributed by atoms with Crippen LogP contribution < -0.4 is 5.32 Å². The summed E-state index contributed by atoms with van der Waals surface area (Å²) in [6.45, 7) is 4.21. The van der Waals surface area contributed by atoms with Crippen LogP contribution in [0.4, 0.5) is 0 Å². The number of carboxylic acids is 1. The maximum Gasteiger partial charge on any atom is 0.308 e. The van der Waals surface area contributed by atoms with Crippen LogP contribution in [-0.4, -0.2) is 35.7 Å². The topological polar surface area (TPSA) is 75.6 Å². The molecule has 0 heterocycles. The minimum atomic E-state index is -0.814. The van der Waals surface area contributed by atoms with Crippen LogP contribution in [0.25, 0.3) is 0 Å². The highest BCUT2D eigenvalue weighted by Crippen LogP contribution is 2.25. The number of carboxylic acid groups (broad SMARTS) is 1. The number of ether oxygens (including phenoxy) is 1. The Balaban J connectivity index is 2.28. The van der Waals surface area contributed by atoms with E-state index in [-0.39, 0.29) is 18.1 Å². The molecule has 0 aromatic heterocycles. The average Bonchev–Trinajstić information content (AvgIpc) is 2.65. The van der Waals surface area contributed by atoms with Gasteiger partial charge in [0.1, 0.15) is 0 Å². The van der Waals surface area contributed by atoms with Gasteiger partial charge < -0.3 is 15.2 Å². The molecule has 2 atom stereocenters. The number of carbonyl (C=O) groups is 2. The summed E-state index contributed by atoms with van der Waals surface area (Å²) in [5.74, 6) is -1.36. The summed E-state index contributed by atoms with van der Waals surface area (Å²) in [5.41, 5.74) is 0. The molecule has 0 spiro atoms. The monoisotopic (exact) mass is 243 g/mol. The molecule has 0 aromatic rings. The fraction of sp³-hybridized carbons (Fsp3) is 0.833. The quantitative estimate of drug-likeness (QED) is 0.734. The summed E-state index contributed by atoms with van der Waals surface area (Å²) in [6, 6.07) is -0.209. The van der Waals surface area contributed by atoms with Gasteiger partial charge in [-0.05, 0) is 26.7 Å². The molecule has 98 valence electrons. The lowest BCUT2D eigenvalue weighted by Gasteiger charge is -2.17. The number of rotatable bonds is 6. The lowest BCUT2D eigenvalue weighted by Crippen LogP contribution is -2.40. The van der Waals surface area contributed by atoms with Crippen LogP contribution in [0, 0.1) is 5.92 Å². The summed E-state index contributed by atoms with van der Waals surface area (Å²) < 4.78 is 5.27. The second-order valence-corrected chi connectivity index (χ2v) is 4.72. The summed E-state index contributed by atoms with van der Waals surface area (Å²) in [5, 5.41) is 11.8. The van der Waals surface area contributed by atoms with E-state index in [1.165, 1.54) is 0 Å². The molecular formula is C12H21NO4. The first-order valence-corrected chi connectivity index (χ1v) is 6.14. The van der Waals surface area contributed by atoms with Crippen molar-refractivity contribution in [2.45, 2.75) is 51.7 Å². The van der Waals surface area contributed by atoms with Gasteiger partial charge in [0.25, 0.3) is 0 Å². The maximum atomic E-state index is 11.6. The molecule has 2 N–H and O–H groups in total. The maximum absolute atomic E-state index is 11.6. The Morgan fingerprint density at radius 3 is 2.71 bits per heavy atom. The molecule has 1 rings (SSSR count). The van der Waals surface area contributed by atoms with E-state index in [2.05, 4.69) is 5.32 Å². The normalized spacial score (nSPS) is 23.9. The number of aliphatic carboxylic acids is 1. The van der Waals surface area contributed by atoms with Crippen molar-refractivity contribution in [3.05, 3.63) is 0 Å². The van der Waals surface area contributed by atoms with E-state index in [1.54, 1.807) is 0 Å². The van der Waals surface area contributed by atoms with Gasteiger partial charge in [-0.3, -0.25) is 9.59 Å². The number of carbonyl (C=O) groups excluding carboxylic acids is 1. The number of hydrogen-bond donors (Lipinski definition) is 2. The molecule has 5 nitrogen and oxygen atoms in total. The van der Waals surface area contributed by atoms with Crippen molar-refractivity contribution in [2.24, 2.45) is 5.92 Å². The van der Waals surface area contributed by atoms with Crippen LogP contribution in [0.5, 0.6) is 0 Å². The summed E-state index contributed by atoms with van der Waals surface area (Å²) in [4.78, 5) is 22.5. The van der Waals surface area contributed by atoms with Gasteiger partial charge in [-0.15, -0.1) is 0 Å². The molecule has 1 amide bonds. The minimum absolute atomic E-state index is 0.112. The molecule has 17 heavy (non-hydrogen) atoms. The van der Waals surface area contributed by atoms with E-state index < -0.39 is 11.9 Å². The molecule has 0 aromatic carbocycles. The number of hydrogen-bond acceptors (Lipinski definition) is 3. The van der Waals surface area contributed by atoms with Crippen molar-refractivity contribution in [3.8, 4) is 0 Å². The molecule has 1 saturated carbocycles. The van der Waals surface area contributed by atoms with Gasteiger partial charge in [-0.1, -0.05) is 6.42 Å². The highest BCUT2D eigenvalue weighted by atomic mass is 16.5. The zero-order chi connectivity index (χ0) is 12.8. The molecule has 0 aliphatic heterocycles. The predicted octanol–water partition coefficient (Wildman–Crippen LogP) is 1.17. The van der Waals surface area contributed by atoms with Gasteiger partial charge in [0.05, 0.1) is 18.6 Å². The first-order valence-electron chi connectivity index (χ1n) is 6.14. The first-order chi connectivity index (χ1) is 8.00. The largest absolute Gasteiger partial charge is 0.481 e. The predicted molar refractivity (Wildman–Crippen MR) is 62.6 cm³/mol. The lowest BCUT2D eigenvalue weighted by molar-refractivity contribution is -0.142. The molecule has 0 unspecified atom stereocenters. The van der Waals surface area contributed by atoms with Crippen LogP contribution in [0.2, 0.25) is 0 Å². The Labute approximate surface area is 102 Å². The zero-order valence-corrected chi connectivity index (χ0v) is 10.4. The summed E-state index contributed by atoms with van der Waals surface area (Å²) in [7, 11) is 0. The fourth-order valence-corrected chi connectivity index (χ4v) is 2.09. The highest BCUT2D eigenvalue weighted by molar-refractivity contribution is 5.78. The second-order valence-electron chi connectivity index (χ2n) is 4.72. The molecule has 5 heteroatoms. The third-order valence-corrected chi connectivity index (χ3v) is 2.96. The van der Waals surface area contributed by atoms with Crippen molar-refractivity contribution in [1.82, 2.24) is 5.32 Å². The molecule has 0 saturated heterocycles. The van der Waals surface area contributed by atoms with E-state index in [9.17, 15) is 9.59 Å².